The summed E-state index contributed by atoms with van der Waals surface area (Å²) >= 11 is 0. The second-order valence-corrected chi connectivity index (χ2v) is 4.57. The molecule has 2 heterocycles. The van der Waals surface area contributed by atoms with E-state index >= 15 is 0 Å². The van der Waals surface area contributed by atoms with Gasteiger partial charge in [0.15, 0.2) is 5.78 Å². The standard InChI is InChI=1S/C12H19N3O/c1-13-5-7-15(8-6-13)10-12(16)11-3-4-14(2)9-11/h3-4,9H,5-8,10H2,1-2H3. The molecule has 0 spiro atoms. The van der Waals surface area contributed by atoms with E-state index in [2.05, 4.69) is 16.8 Å². The van der Waals surface area contributed by atoms with Crippen molar-refractivity contribution in [2.24, 2.45) is 7.05 Å². The van der Waals surface area contributed by atoms with Crippen molar-refractivity contribution >= 4 is 5.78 Å². The quantitative estimate of drug-likeness (QED) is 0.694. The first-order chi connectivity index (χ1) is 7.65. The van der Waals surface area contributed by atoms with Gasteiger partial charge in [-0.2, -0.15) is 0 Å². The molecule has 16 heavy (non-hydrogen) atoms. The van der Waals surface area contributed by atoms with E-state index in [1.54, 1.807) is 0 Å². The fourth-order valence-corrected chi connectivity index (χ4v) is 1.97. The first kappa shape index (κ1) is 11.4. The van der Waals surface area contributed by atoms with Gasteiger partial charge in [-0.15, -0.1) is 0 Å². The van der Waals surface area contributed by atoms with Gasteiger partial charge < -0.3 is 9.47 Å². The van der Waals surface area contributed by atoms with Gasteiger partial charge in [0.25, 0.3) is 0 Å². The molecule has 1 aliphatic rings. The minimum Gasteiger partial charge on any atom is -0.357 e. The number of likely N-dealkylation sites (N-methyl/N-ethyl adjacent to an activating group) is 1. The minimum absolute atomic E-state index is 0.227. The van der Waals surface area contributed by atoms with Crippen LogP contribution in [0.5, 0.6) is 0 Å². The van der Waals surface area contributed by atoms with Crippen molar-refractivity contribution in [1.82, 2.24) is 14.4 Å². The topological polar surface area (TPSA) is 28.5 Å². The van der Waals surface area contributed by atoms with Crippen molar-refractivity contribution in [3.05, 3.63) is 24.0 Å². The predicted molar refractivity (Wildman–Crippen MR) is 63.7 cm³/mol. The van der Waals surface area contributed by atoms with Crippen LogP contribution in [0.15, 0.2) is 18.5 Å². The second-order valence-electron chi connectivity index (χ2n) is 4.57. The molecule has 1 aromatic rings. The van der Waals surface area contributed by atoms with Gasteiger partial charge in [0.05, 0.1) is 6.54 Å². The lowest BCUT2D eigenvalue weighted by atomic mass is 10.2. The molecular formula is C12H19N3O. The van der Waals surface area contributed by atoms with Crippen LogP contribution in [0.4, 0.5) is 0 Å². The highest BCUT2D eigenvalue weighted by Gasteiger charge is 2.17. The summed E-state index contributed by atoms with van der Waals surface area (Å²) < 4.78 is 1.91. The first-order valence-corrected chi connectivity index (χ1v) is 5.71. The van der Waals surface area contributed by atoms with Crippen molar-refractivity contribution in [1.29, 1.82) is 0 Å². The summed E-state index contributed by atoms with van der Waals surface area (Å²) in [6.07, 6.45) is 3.80. The van der Waals surface area contributed by atoms with Crippen molar-refractivity contribution < 1.29 is 4.79 Å². The van der Waals surface area contributed by atoms with E-state index < -0.39 is 0 Å². The van der Waals surface area contributed by atoms with E-state index in [0.717, 1.165) is 31.7 Å². The predicted octanol–water partition coefficient (Wildman–Crippen LogP) is 0.455. The van der Waals surface area contributed by atoms with Crippen molar-refractivity contribution in [3.8, 4) is 0 Å². The van der Waals surface area contributed by atoms with E-state index in [1.807, 2.05) is 30.1 Å². The molecule has 0 aromatic carbocycles. The highest BCUT2D eigenvalue weighted by molar-refractivity contribution is 5.97. The Hall–Kier alpha value is -1.13. The Bertz CT molecular complexity index is 364. The Morgan fingerprint density at radius 2 is 1.94 bits per heavy atom. The maximum atomic E-state index is 11.9. The number of Topliss-reactive ketones (excluding diaryl/α,β-unsaturated/α-hetero) is 1. The average Bonchev–Trinajstić information content (AvgIpc) is 2.68. The van der Waals surface area contributed by atoms with E-state index in [0.29, 0.717) is 6.54 Å². The van der Waals surface area contributed by atoms with E-state index in [9.17, 15) is 4.79 Å². The normalized spacial score (nSPS) is 18.9. The molecule has 1 fully saturated rings. The lowest BCUT2D eigenvalue weighted by Gasteiger charge is -2.31. The van der Waals surface area contributed by atoms with Crippen LogP contribution in [-0.4, -0.2) is 59.9 Å². The summed E-state index contributed by atoms with van der Waals surface area (Å²) in [7, 11) is 4.06. The summed E-state index contributed by atoms with van der Waals surface area (Å²) in [4.78, 5) is 16.5. The Morgan fingerprint density at radius 1 is 1.25 bits per heavy atom. The van der Waals surface area contributed by atoms with Gasteiger partial charge in [0, 0.05) is 51.2 Å². The first-order valence-electron chi connectivity index (χ1n) is 5.71. The molecule has 2 rings (SSSR count). The zero-order valence-corrected chi connectivity index (χ0v) is 10.0. The van der Waals surface area contributed by atoms with Gasteiger partial charge in [0.2, 0.25) is 0 Å². The number of ketones is 1. The number of hydrogen-bond acceptors (Lipinski definition) is 3. The highest BCUT2D eigenvalue weighted by Crippen LogP contribution is 2.05. The molecule has 0 unspecified atom stereocenters. The Labute approximate surface area is 96.4 Å². The van der Waals surface area contributed by atoms with Crippen LogP contribution in [-0.2, 0) is 7.05 Å². The summed E-state index contributed by atoms with van der Waals surface area (Å²) in [5.74, 6) is 0.227. The summed E-state index contributed by atoms with van der Waals surface area (Å²) in [5, 5.41) is 0. The lowest BCUT2D eigenvalue weighted by Crippen LogP contribution is -2.46. The third-order valence-corrected chi connectivity index (χ3v) is 3.12. The van der Waals surface area contributed by atoms with Gasteiger partial charge in [-0.3, -0.25) is 9.69 Å². The molecule has 88 valence electrons. The summed E-state index contributed by atoms with van der Waals surface area (Å²) in [6, 6.07) is 1.89. The minimum atomic E-state index is 0.227. The maximum Gasteiger partial charge on any atom is 0.178 e. The SMILES string of the molecule is CN1CCN(CC(=O)c2ccn(C)c2)CC1. The Balaban J connectivity index is 1.88. The fraction of sp³-hybridized carbons (Fsp3) is 0.583. The number of carbonyl (C=O) groups excluding carboxylic acids is 1. The smallest absolute Gasteiger partial charge is 0.178 e. The van der Waals surface area contributed by atoms with Crippen LogP contribution in [0.1, 0.15) is 10.4 Å². The van der Waals surface area contributed by atoms with E-state index in [4.69, 9.17) is 0 Å². The third kappa shape index (κ3) is 2.71. The molecule has 0 atom stereocenters. The van der Waals surface area contributed by atoms with E-state index in [1.165, 1.54) is 0 Å². The van der Waals surface area contributed by atoms with Crippen LogP contribution >= 0.6 is 0 Å². The molecule has 4 heteroatoms. The van der Waals surface area contributed by atoms with Gasteiger partial charge >= 0.3 is 0 Å². The molecule has 0 amide bonds. The average molecular weight is 221 g/mol. The van der Waals surface area contributed by atoms with Crippen molar-refractivity contribution in [2.75, 3.05) is 39.8 Å². The molecular weight excluding hydrogens is 202 g/mol. The number of hydrogen-bond donors (Lipinski definition) is 0. The number of aryl methyl sites for hydroxylation is 1. The number of rotatable bonds is 3. The van der Waals surface area contributed by atoms with Crippen LogP contribution in [0, 0.1) is 0 Å². The number of nitrogens with zero attached hydrogens (tertiary/aromatic N) is 3. The molecule has 1 aliphatic heterocycles. The maximum absolute atomic E-state index is 11.9. The molecule has 0 radical (unpaired) electrons. The van der Waals surface area contributed by atoms with Crippen molar-refractivity contribution in [3.63, 3.8) is 0 Å². The van der Waals surface area contributed by atoms with Crippen LogP contribution in [0.2, 0.25) is 0 Å². The number of piperazine rings is 1. The van der Waals surface area contributed by atoms with Crippen molar-refractivity contribution in [2.45, 2.75) is 0 Å². The zero-order valence-electron chi connectivity index (χ0n) is 10.0. The fourth-order valence-electron chi connectivity index (χ4n) is 1.97. The number of aromatic nitrogens is 1. The van der Waals surface area contributed by atoms with Crippen LogP contribution in [0.25, 0.3) is 0 Å². The third-order valence-electron chi connectivity index (χ3n) is 3.12. The molecule has 0 bridgehead atoms. The van der Waals surface area contributed by atoms with Gasteiger partial charge in [0.1, 0.15) is 0 Å². The second kappa shape index (κ2) is 4.80. The Morgan fingerprint density at radius 3 is 2.50 bits per heavy atom. The molecule has 0 N–H and O–H groups in total. The lowest BCUT2D eigenvalue weighted by molar-refractivity contribution is 0.0876. The molecule has 4 nitrogen and oxygen atoms in total. The monoisotopic (exact) mass is 221 g/mol. The number of carbonyl (C=O) groups is 1. The molecule has 1 aromatic heterocycles. The zero-order chi connectivity index (χ0) is 11.5. The summed E-state index contributed by atoms with van der Waals surface area (Å²) in [5.41, 5.74) is 0.821. The summed E-state index contributed by atoms with van der Waals surface area (Å²) in [6.45, 7) is 4.66. The molecule has 1 saturated heterocycles. The van der Waals surface area contributed by atoms with Gasteiger partial charge in [-0.1, -0.05) is 0 Å². The molecule has 0 saturated carbocycles. The highest BCUT2D eigenvalue weighted by atomic mass is 16.1. The molecule has 0 aliphatic carbocycles. The largest absolute Gasteiger partial charge is 0.357 e. The van der Waals surface area contributed by atoms with Crippen LogP contribution < -0.4 is 0 Å². The van der Waals surface area contributed by atoms with E-state index in [-0.39, 0.29) is 5.78 Å². The van der Waals surface area contributed by atoms with Gasteiger partial charge in [-0.05, 0) is 13.1 Å². The Kier molecular flexibility index (Phi) is 3.41. The van der Waals surface area contributed by atoms with Gasteiger partial charge in [-0.25, -0.2) is 0 Å². The van der Waals surface area contributed by atoms with Crippen LogP contribution in [0.3, 0.4) is 0 Å².